The Balaban J connectivity index is 2.78. The van der Waals surface area contributed by atoms with Gasteiger partial charge < -0.3 is 4.98 Å². The van der Waals surface area contributed by atoms with Gasteiger partial charge in [-0.1, -0.05) is 19.9 Å². The van der Waals surface area contributed by atoms with Crippen molar-refractivity contribution in [1.29, 1.82) is 0 Å². The lowest BCUT2D eigenvalue weighted by atomic mass is 10.2. The molecule has 1 N–H and O–H groups in total. The number of nitrogens with zero attached hydrogens (tertiary/aromatic N) is 1. The maximum atomic E-state index is 11.3. The summed E-state index contributed by atoms with van der Waals surface area (Å²) in [4.78, 5) is 7.38. The van der Waals surface area contributed by atoms with Crippen molar-refractivity contribution in [2.45, 2.75) is 24.7 Å². The first-order valence-electron chi connectivity index (χ1n) is 4.83. The summed E-state index contributed by atoms with van der Waals surface area (Å²) in [6.45, 7) is 3.96. The Bertz CT molecular complexity index is 631. The van der Waals surface area contributed by atoms with Crippen molar-refractivity contribution in [3.63, 3.8) is 0 Å². The van der Waals surface area contributed by atoms with Crippen LogP contribution in [0.15, 0.2) is 23.1 Å². The van der Waals surface area contributed by atoms with Crippen LogP contribution in [0.5, 0.6) is 0 Å². The van der Waals surface area contributed by atoms with Crippen LogP contribution in [-0.4, -0.2) is 18.4 Å². The molecular weight excluding hydrogens is 248 g/mol. The third-order valence-corrected chi connectivity index (χ3v) is 3.66. The van der Waals surface area contributed by atoms with Gasteiger partial charge in [-0.3, -0.25) is 0 Å². The van der Waals surface area contributed by atoms with Crippen LogP contribution in [0.2, 0.25) is 0 Å². The quantitative estimate of drug-likeness (QED) is 0.843. The molecule has 86 valence electrons. The Labute approximate surface area is 98.1 Å². The van der Waals surface area contributed by atoms with E-state index in [1.165, 1.54) is 6.07 Å². The molecule has 0 amide bonds. The summed E-state index contributed by atoms with van der Waals surface area (Å²) < 4.78 is 22.7. The van der Waals surface area contributed by atoms with Crippen molar-refractivity contribution in [2.75, 3.05) is 0 Å². The first-order valence-corrected chi connectivity index (χ1v) is 7.14. The highest BCUT2D eigenvalue weighted by molar-refractivity contribution is 8.14. The molecule has 1 aromatic heterocycles. The Morgan fingerprint density at radius 3 is 2.62 bits per heavy atom. The summed E-state index contributed by atoms with van der Waals surface area (Å²) in [6, 6.07) is 4.87. The number of nitrogens with one attached hydrogen (secondary N) is 1. The van der Waals surface area contributed by atoms with Crippen LogP contribution < -0.4 is 0 Å². The molecule has 1 heterocycles. The van der Waals surface area contributed by atoms with Crippen LogP contribution in [0.1, 0.15) is 25.6 Å². The van der Waals surface area contributed by atoms with Crippen molar-refractivity contribution >= 4 is 30.8 Å². The molecule has 16 heavy (non-hydrogen) atoms. The Morgan fingerprint density at radius 2 is 2.06 bits per heavy atom. The van der Waals surface area contributed by atoms with E-state index in [0.29, 0.717) is 11.0 Å². The molecule has 0 aliphatic rings. The average molecular weight is 259 g/mol. The van der Waals surface area contributed by atoms with Gasteiger partial charge in [0.15, 0.2) is 0 Å². The number of aromatic nitrogens is 2. The van der Waals surface area contributed by atoms with E-state index >= 15 is 0 Å². The van der Waals surface area contributed by atoms with Gasteiger partial charge in [-0.05, 0) is 12.1 Å². The number of fused-ring (bicyclic) bond motifs is 1. The first kappa shape index (κ1) is 11.4. The van der Waals surface area contributed by atoms with Gasteiger partial charge in [0.05, 0.1) is 5.52 Å². The lowest BCUT2D eigenvalue weighted by Crippen LogP contribution is -1.92. The van der Waals surface area contributed by atoms with Gasteiger partial charge in [-0.2, -0.15) is 0 Å². The number of rotatable bonds is 2. The van der Waals surface area contributed by atoms with Crippen molar-refractivity contribution in [3.8, 4) is 0 Å². The Kier molecular flexibility index (Phi) is 2.67. The average Bonchev–Trinajstić information content (AvgIpc) is 2.58. The topological polar surface area (TPSA) is 62.8 Å². The van der Waals surface area contributed by atoms with Gasteiger partial charge in [0.2, 0.25) is 0 Å². The second-order valence-corrected chi connectivity index (χ2v) is 6.40. The molecule has 0 bridgehead atoms. The molecule has 0 fully saturated rings. The van der Waals surface area contributed by atoms with Crippen LogP contribution in [0.4, 0.5) is 0 Å². The molecule has 2 aromatic rings. The largest absolute Gasteiger partial charge is 0.342 e. The molecule has 0 saturated heterocycles. The van der Waals surface area contributed by atoms with E-state index in [-0.39, 0.29) is 10.8 Å². The summed E-state index contributed by atoms with van der Waals surface area (Å²) in [7, 11) is 1.59. The second kappa shape index (κ2) is 3.75. The lowest BCUT2D eigenvalue weighted by Gasteiger charge is -1.96. The molecule has 2 rings (SSSR count). The SMILES string of the molecule is CC(C)c1nc2c(S(=O)(=O)Cl)cccc2[nH]1. The molecule has 0 atom stereocenters. The van der Waals surface area contributed by atoms with Crippen LogP contribution in [0, 0.1) is 0 Å². The zero-order chi connectivity index (χ0) is 11.9. The summed E-state index contributed by atoms with van der Waals surface area (Å²) in [5.41, 5.74) is 1.09. The summed E-state index contributed by atoms with van der Waals surface area (Å²) in [6.07, 6.45) is 0. The van der Waals surface area contributed by atoms with Gasteiger partial charge in [0.1, 0.15) is 16.2 Å². The minimum atomic E-state index is -3.75. The van der Waals surface area contributed by atoms with Crippen molar-refractivity contribution in [2.24, 2.45) is 0 Å². The zero-order valence-corrected chi connectivity index (χ0v) is 10.4. The zero-order valence-electron chi connectivity index (χ0n) is 8.86. The maximum absolute atomic E-state index is 11.3. The predicted octanol–water partition coefficient (Wildman–Crippen LogP) is 2.61. The van der Waals surface area contributed by atoms with Crippen LogP contribution in [-0.2, 0) is 9.05 Å². The summed E-state index contributed by atoms with van der Waals surface area (Å²) >= 11 is 0. The molecule has 1 aromatic carbocycles. The standard InChI is InChI=1S/C10H11ClN2O2S/c1-6(2)10-12-7-4-3-5-8(9(7)13-10)16(11,14)15/h3-6H,1-2H3,(H,12,13). The minimum absolute atomic E-state index is 0.0508. The van der Waals surface area contributed by atoms with Crippen LogP contribution in [0.25, 0.3) is 11.0 Å². The highest BCUT2D eigenvalue weighted by Gasteiger charge is 2.17. The Hall–Kier alpha value is -1.07. The number of H-pyrrole nitrogens is 1. The summed E-state index contributed by atoms with van der Waals surface area (Å²) in [5, 5.41) is 0. The fourth-order valence-electron chi connectivity index (χ4n) is 1.50. The summed E-state index contributed by atoms with van der Waals surface area (Å²) in [5.74, 6) is 0.959. The highest BCUT2D eigenvalue weighted by Crippen LogP contribution is 2.25. The molecule has 0 radical (unpaired) electrons. The molecule has 0 aliphatic heterocycles. The third kappa shape index (κ3) is 1.92. The number of imidazole rings is 1. The number of aromatic amines is 1. The van der Waals surface area contributed by atoms with E-state index < -0.39 is 9.05 Å². The molecular formula is C10H11ClN2O2S. The number of hydrogen-bond donors (Lipinski definition) is 1. The Morgan fingerprint density at radius 1 is 1.38 bits per heavy atom. The molecule has 6 heteroatoms. The third-order valence-electron chi connectivity index (χ3n) is 2.30. The fraction of sp³-hybridized carbons (Fsp3) is 0.300. The molecule has 0 aliphatic carbocycles. The van der Waals surface area contributed by atoms with Crippen molar-refractivity contribution < 1.29 is 8.42 Å². The second-order valence-electron chi connectivity index (χ2n) is 3.87. The molecule has 0 spiro atoms. The number of halogens is 1. The smallest absolute Gasteiger partial charge is 0.263 e. The number of benzene rings is 1. The normalized spacial score (nSPS) is 12.5. The highest BCUT2D eigenvalue weighted by atomic mass is 35.7. The van der Waals surface area contributed by atoms with Gasteiger partial charge in [0.25, 0.3) is 9.05 Å². The monoisotopic (exact) mass is 258 g/mol. The number of para-hydroxylation sites is 1. The van der Waals surface area contributed by atoms with E-state index in [1.54, 1.807) is 12.1 Å². The van der Waals surface area contributed by atoms with Gasteiger partial charge >= 0.3 is 0 Å². The van der Waals surface area contributed by atoms with Gasteiger partial charge in [-0.15, -0.1) is 0 Å². The lowest BCUT2D eigenvalue weighted by molar-refractivity contribution is 0.610. The fourth-order valence-corrected chi connectivity index (χ4v) is 2.50. The van der Waals surface area contributed by atoms with Crippen molar-refractivity contribution in [1.82, 2.24) is 9.97 Å². The number of hydrogen-bond acceptors (Lipinski definition) is 3. The van der Waals surface area contributed by atoms with Crippen LogP contribution >= 0.6 is 10.7 Å². The molecule has 4 nitrogen and oxygen atoms in total. The molecule has 0 unspecified atom stereocenters. The first-order chi connectivity index (χ1) is 7.39. The van der Waals surface area contributed by atoms with E-state index in [0.717, 1.165) is 5.82 Å². The van der Waals surface area contributed by atoms with E-state index in [4.69, 9.17) is 10.7 Å². The van der Waals surface area contributed by atoms with Gasteiger partial charge in [0, 0.05) is 16.6 Å². The van der Waals surface area contributed by atoms with E-state index in [2.05, 4.69) is 9.97 Å². The van der Waals surface area contributed by atoms with E-state index in [9.17, 15) is 8.42 Å². The molecule has 0 saturated carbocycles. The van der Waals surface area contributed by atoms with Crippen LogP contribution in [0.3, 0.4) is 0 Å². The van der Waals surface area contributed by atoms with E-state index in [1.807, 2.05) is 13.8 Å². The predicted molar refractivity (Wildman–Crippen MR) is 63.2 cm³/mol. The minimum Gasteiger partial charge on any atom is -0.342 e. The van der Waals surface area contributed by atoms with Crippen molar-refractivity contribution in [3.05, 3.63) is 24.0 Å². The van der Waals surface area contributed by atoms with Gasteiger partial charge in [-0.25, -0.2) is 13.4 Å². The maximum Gasteiger partial charge on any atom is 0.263 e.